The van der Waals surface area contributed by atoms with Crippen molar-refractivity contribution in [1.82, 2.24) is 15.1 Å². The molecule has 1 aliphatic rings. The minimum atomic E-state index is -0.386. The average molecular weight is 380 g/mol. The van der Waals surface area contributed by atoms with Crippen LogP contribution < -0.4 is 5.32 Å². The van der Waals surface area contributed by atoms with Gasteiger partial charge in [0.25, 0.3) is 0 Å². The van der Waals surface area contributed by atoms with Crippen molar-refractivity contribution < 1.29 is 9.59 Å². The maximum atomic E-state index is 12.3. The minimum Gasteiger partial charge on any atom is -0.356 e. The van der Waals surface area contributed by atoms with Gasteiger partial charge in [0.15, 0.2) is 0 Å². The van der Waals surface area contributed by atoms with Gasteiger partial charge in [0.05, 0.1) is 0 Å². The molecule has 1 saturated heterocycles. The predicted octanol–water partition coefficient (Wildman–Crippen LogP) is 2.93. The van der Waals surface area contributed by atoms with E-state index in [1.54, 1.807) is 0 Å². The molecule has 0 aromatic heterocycles. The molecule has 144 valence electrons. The molecule has 0 bridgehead atoms. The molecule has 0 spiro atoms. The van der Waals surface area contributed by atoms with E-state index in [9.17, 15) is 9.59 Å². The van der Waals surface area contributed by atoms with E-state index in [4.69, 9.17) is 11.6 Å². The lowest BCUT2D eigenvalue weighted by atomic mass is 9.96. The Morgan fingerprint density at radius 3 is 2.46 bits per heavy atom. The summed E-state index contributed by atoms with van der Waals surface area (Å²) in [6.07, 6.45) is 1.17. The number of halogens is 1. The van der Waals surface area contributed by atoms with Crippen LogP contribution in [0.1, 0.15) is 39.2 Å². The zero-order valence-electron chi connectivity index (χ0n) is 16.1. The highest BCUT2D eigenvalue weighted by molar-refractivity contribution is 6.30. The zero-order valence-corrected chi connectivity index (χ0v) is 16.8. The van der Waals surface area contributed by atoms with Gasteiger partial charge in [-0.1, -0.05) is 44.5 Å². The molecular formula is C20H30ClN3O2. The van der Waals surface area contributed by atoms with Gasteiger partial charge < -0.3 is 10.2 Å². The van der Waals surface area contributed by atoms with Crippen molar-refractivity contribution in [2.45, 2.75) is 40.2 Å². The summed E-state index contributed by atoms with van der Waals surface area (Å²) in [5.41, 5.74) is 0.815. The molecule has 2 amide bonds. The second kappa shape index (κ2) is 9.38. The minimum absolute atomic E-state index is 0.0274. The molecule has 0 radical (unpaired) electrons. The standard InChI is InChI=1S/C20H30ClN3O2/c1-20(2,3)19(26)22-9-5-8-18(25)24-12-10-23(11-13-24)15-16-6-4-7-17(21)14-16/h4,6-7,14H,5,8-13,15H2,1-3H3,(H,22,26). The second-order valence-corrected chi connectivity index (χ2v) is 8.33. The summed E-state index contributed by atoms with van der Waals surface area (Å²) in [5.74, 6) is 0.206. The SMILES string of the molecule is CC(C)(C)C(=O)NCCCC(=O)N1CCN(Cc2cccc(Cl)c2)CC1. The van der Waals surface area contributed by atoms with Crippen LogP contribution in [0.2, 0.25) is 5.02 Å². The van der Waals surface area contributed by atoms with Crippen LogP contribution in [-0.4, -0.2) is 54.3 Å². The molecule has 1 aliphatic heterocycles. The van der Waals surface area contributed by atoms with Gasteiger partial charge >= 0.3 is 0 Å². The second-order valence-electron chi connectivity index (χ2n) is 7.90. The highest BCUT2D eigenvalue weighted by atomic mass is 35.5. The summed E-state index contributed by atoms with van der Waals surface area (Å²) in [4.78, 5) is 28.4. The Hall–Kier alpha value is -1.59. The number of nitrogens with zero attached hydrogens (tertiary/aromatic N) is 2. The molecule has 0 aliphatic carbocycles. The molecule has 2 rings (SSSR count). The molecule has 26 heavy (non-hydrogen) atoms. The lowest BCUT2D eigenvalue weighted by Crippen LogP contribution is -2.48. The molecule has 5 nitrogen and oxygen atoms in total. The van der Waals surface area contributed by atoms with Crippen molar-refractivity contribution in [1.29, 1.82) is 0 Å². The monoisotopic (exact) mass is 379 g/mol. The van der Waals surface area contributed by atoms with E-state index in [1.807, 2.05) is 43.9 Å². The molecule has 1 N–H and O–H groups in total. The van der Waals surface area contributed by atoms with Crippen LogP contribution in [0.15, 0.2) is 24.3 Å². The number of hydrogen-bond donors (Lipinski definition) is 1. The van der Waals surface area contributed by atoms with Crippen LogP contribution in [0.3, 0.4) is 0 Å². The first-order chi connectivity index (χ1) is 12.3. The summed E-state index contributed by atoms with van der Waals surface area (Å²) < 4.78 is 0. The Morgan fingerprint density at radius 2 is 1.85 bits per heavy atom. The topological polar surface area (TPSA) is 52.7 Å². The Kier molecular flexibility index (Phi) is 7.47. The normalized spacial score (nSPS) is 15.8. The number of benzene rings is 1. The summed E-state index contributed by atoms with van der Waals surface area (Å²) in [6.45, 7) is 10.3. The third-order valence-electron chi connectivity index (χ3n) is 4.55. The summed E-state index contributed by atoms with van der Waals surface area (Å²) in [5, 5.41) is 3.65. The highest BCUT2D eigenvalue weighted by Crippen LogP contribution is 2.15. The Bertz CT molecular complexity index is 620. The van der Waals surface area contributed by atoms with E-state index >= 15 is 0 Å². The number of rotatable bonds is 6. The Morgan fingerprint density at radius 1 is 1.15 bits per heavy atom. The molecule has 0 atom stereocenters. The van der Waals surface area contributed by atoms with Crippen molar-refractivity contribution in [3.8, 4) is 0 Å². The molecule has 1 heterocycles. The van der Waals surface area contributed by atoms with Crippen LogP contribution in [0.4, 0.5) is 0 Å². The van der Waals surface area contributed by atoms with Crippen molar-refractivity contribution in [3.63, 3.8) is 0 Å². The largest absolute Gasteiger partial charge is 0.356 e. The molecule has 1 aromatic rings. The van der Waals surface area contributed by atoms with Gasteiger partial charge in [0.2, 0.25) is 11.8 Å². The van der Waals surface area contributed by atoms with E-state index in [0.29, 0.717) is 19.4 Å². The quantitative estimate of drug-likeness (QED) is 0.773. The predicted molar refractivity (Wildman–Crippen MR) is 105 cm³/mol. The van der Waals surface area contributed by atoms with Gasteiger partial charge in [-0.2, -0.15) is 0 Å². The first-order valence-electron chi connectivity index (χ1n) is 9.28. The first-order valence-corrected chi connectivity index (χ1v) is 9.66. The fraction of sp³-hybridized carbons (Fsp3) is 0.600. The van der Waals surface area contributed by atoms with Gasteiger partial charge in [0.1, 0.15) is 0 Å². The van der Waals surface area contributed by atoms with Gasteiger partial charge in [0, 0.05) is 56.1 Å². The number of carbonyl (C=O) groups is 2. The number of amides is 2. The van der Waals surface area contributed by atoms with E-state index < -0.39 is 0 Å². The Balaban J connectivity index is 1.66. The van der Waals surface area contributed by atoms with Crippen molar-refractivity contribution in [2.24, 2.45) is 5.41 Å². The fourth-order valence-corrected chi connectivity index (χ4v) is 3.13. The summed E-state index contributed by atoms with van der Waals surface area (Å²) in [7, 11) is 0. The number of carbonyl (C=O) groups excluding carboxylic acids is 2. The Labute approximate surface area is 161 Å². The van der Waals surface area contributed by atoms with Gasteiger partial charge in [-0.05, 0) is 24.1 Å². The third-order valence-corrected chi connectivity index (χ3v) is 4.79. The summed E-state index contributed by atoms with van der Waals surface area (Å²) >= 11 is 6.03. The van der Waals surface area contributed by atoms with Crippen LogP contribution in [0.25, 0.3) is 0 Å². The lowest BCUT2D eigenvalue weighted by Gasteiger charge is -2.35. The van der Waals surface area contributed by atoms with Gasteiger partial charge in [-0.15, -0.1) is 0 Å². The van der Waals surface area contributed by atoms with Crippen molar-refractivity contribution in [3.05, 3.63) is 34.9 Å². The van der Waals surface area contributed by atoms with Crippen LogP contribution in [-0.2, 0) is 16.1 Å². The summed E-state index contributed by atoms with van der Waals surface area (Å²) in [6, 6.07) is 7.92. The lowest BCUT2D eigenvalue weighted by molar-refractivity contribution is -0.133. The van der Waals surface area contributed by atoms with Crippen molar-refractivity contribution in [2.75, 3.05) is 32.7 Å². The van der Waals surface area contributed by atoms with Crippen molar-refractivity contribution >= 4 is 23.4 Å². The first kappa shape index (κ1) is 20.7. The van der Waals surface area contributed by atoms with E-state index in [2.05, 4.69) is 16.3 Å². The van der Waals surface area contributed by atoms with Crippen LogP contribution >= 0.6 is 11.6 Å². The molecule has 0 unspecified atom stereocenters. The maximum Gasteiger partial charge on any atom is 0.225 e. The number of piperazine rings is 1. The zero-order chi connectivity index (χ0) is 19.2. The number of nitrogens with one attached hydrogen (secondary N) is 1. The molecular weight excluding hydrogens is 350 g/mol. The van der Waals surface area contributed by atoms with Crippen LogP contribution in [0, 0.1) is 5.41 Å². The smallest absolute Gasteiger partial charge is 0.225 e. The molecule has 1 aromatic carbocycles. The van der Waals surface area contributed by atoms with E-state index in [1.165, 1.54) is 5.56 Å². The number of hydrogen-bond acceptors (Lipinski definition) is 3. The third kappa shape index (κ3) is 6.61. The molecule has 0 saturated carbocycles. The van der Waals surface area contributed by atoms with Crippen LogP contribution in [0.5, 0.6) is 0 Å². The van der Waals surface area contributed by atoms with Gasteiger partial charge in [-0.3, -0.25) is 14.5 Å². The highest BCUT2D eigenvalue weighted by Gasteiger charge is 2.22. The van der Waals surface area contributed by atoms with E-state index in [0.717, 1.165) is 37.7 Å². The van der Waals surface area contributed by atoms with E-state index in [-0.39, 0.29) is 17.2 Å². The fourth-order valence-electron chi connectivity index (χ4n) is 2.91. The molecule has 1 fully saturated rings. The van der Waals surface area contributed by atoms with Gasteiger partial charge in [-0.25, -0.2) is 0 Å². The maximum absolute atomic E-state index is 12.3. The molecule has 6 heteroatoms. The average Bonchev–Trinajstić information content (AvgIpc) is 2.58.